The van der Waals surface area contributed by atoms with E-state index in [0.29, 0.717) is 23.5 Å². The second-order valence-electron chi connectivity index (χ2n) is 5.08. The van der Waals surface area contributed by atoms with Crippen molar-refractivity contribution < 1.29 is 4.74 Å². The van der Waals surface area contributed by atoms with E-state index in [1.807, 2.05) is 63.3 Å². The van der Waals surface area contributed by atoms with Crippen molar-refractivity contribution in [2.45, 2.75) is 26.7 Å². The Bertz CT molecular complexity index is 624. The highest BCUT2D eigenvalue weighted by atomic mass is 35.5. The minimum absolute atomic E-state index is 0.213. The minimum atomic E-state index is 0.213. The van der Waals surface area contributed by atoms with E-state index in [4.69, 9.17) is 16.3 Å². The van der Waals surface area contributed by atoms with Crippen LogP contribution in [0.25, 0.3) is 6.08 Å². The van der Waals surface area contributed by atoms with Crippen LogP contribution in [0, 0.1) is 6.92 Å². The predicted molar refractivity (Wildman–Crippen MR) is 86.8 cm³/mol. The first kappa shape index (κ1) is 15.5. The Morgan fingerprint density at radius 3 is 2.57 bits per heavy atom. The highest BCUT2D eigenvalue weighted by Gasteiger charge is 2.12. The van der Waals surface area contributed by atoms with E-state index in [1.54, 1.807) is 0 Å². The van der Waals surface area contributed by atoms with Crippen molar-refractivity contribution in [3.8, 4) is 5.88 Å². The van der Waals surface area contributed by atoms with Gasteiger partial charge in [0.15, 0.2) is 0 Å². The maximum absolute atomic E-state index is 6.12. The lowest BCUT2D eigenvalue weighted by Gasteiger charge is -2.11. The Labute approximate surface area is 130 Å². The van der Waals surface area contributed by atoms with Crippen molar-refractivity contribution >= 4 is 17.7 Å². The standard InChI is InChI=1S/C17H19ClN2O/c1-12(2)16-19-15(18)13(3)17(20-16)21-11-7-10-14-8-5-4-6-9-14/h4-10,12H,11H2,1-3H3/b10-7+. The molecule has 0 spiro atoms. The number of rotatable bonds is 5. The SMILES string of the molecule is Cc1c(Cl)nc(C(C)C)nc1OC/C=C/c1ccccc1. The molecule has 110 valence electrons. The van der Waals surface area contributed by atoms with Crippen LogP contribution in [0.2, 0.25) is 5.15 Å². The Kier molecular flexibility index (Phi) is 5.34. The number of nitrogens with zero attached hydrogens (tertiary/aromatic N) is 2. The van der Waals surface area contributed by atoms with Gasteiger partial charge in [-0.05, 0) is 18.6 Å². The molecule has 0 aliphatic carbocycles. The van der Waals surface area contributed by atoms with Crippen LogP contribution in [0.3, 0.4) is 0 Å². The van der Waals surface area contributed by atoms with Crippen LogP contribution in [0.5, 0.6) is 5.88 Å². The second-order valence-corrected chi connectivity index (χ2v) is 5.44. The molecular weight excluding hydrogens is 284 g/mol. The average molecular weight is 303 g/mol. The van der Waals surface area contributed by atoms with Gasteiger partial charge in [0.05, 0.1) is 0 Å². The molecule has 0 unspecified atom stereocenters. The third-order valence-corrected chi connectivity index (χ3v) is 3.37. The van der Waals surface area contributed by atoms with Crippen molar-refractivity contribution in [3.05, 3.63) is 58.5 Å². The van der Waals surface area contributed by atoms with Crippen molar-refractivity contribution in [2.24, 2.45) is 0 Å². The molecular formula is C17H19ClN2O. The van der Waals surface area contributed by atoms with Gasteiger partial charge in [-0.3, -0.25) is 0 Å². The van der Waals surface area contributed by atoms with Crippen LogP contribution < -0.4 is 4.74 Å². The first-order chi connectivity index (χ1) is 10.1. The summed E-state index contributed by atoms with van der Waals surface area (Å²) in [6, 6.07) is 10.1. The summed E-state index contributed by atoms with van der Waals surface area (Å²) >= 11 is 6.12. The monoisotopic (exact) mass is 302 g/mol. The van der Waals surface area contributed by atoms with Gasteiger partial charge in [-0.15, -0.1) is 0 Å². The Morgan fingerprint density at radius 2 is 1.90 bits per heavy atom. The number of hydrogen-bond donors (Lipinski definition) is 0. The topological polar surface area (TPSA) is 35.0 Å². The lowest BCUT2D eigenvalue weighted by atomic mass is 10.2. The summed E-state index contributed by atoms with van der Waals surface area (Å²) in [6.45, 7) is 6.36. The molecule has 2 rings (SSSR count). The maximum Gasteiger partial charge on any atom is 0.221 e. The van der Waals surface area contributed by atoms with Crippen molar-refractivity contribution in [1.29, 1.82) is 0 Å². The molecule has 0 aliphatic rings. The zero-order chi connectivity index (χ0) is 15.2. The number of hydrogen-bond acceptors (Lipinski definition) is 3. The molecule has 21 heavy (non-hydrogen) atoms. The molecule has 0 saturated carbocycles. The van der Waals surface area contributed by atoms with Gasteiger partial charge in [0.2, 0.25) is 5.88 Å². The first-order valence-electron chi connectivity index (χ1n) is 6.96. The second kappa shape index (κ2) is 7.23. The smallest absolute Gasteiger partial charge is 0.221 e. The van der Waals surface area contributed by atoms with Crippen LogP contribution in [0.1, 0.15) is 36.7 Å². The normalized spacial score (nSPS) is 11.3. The van der Waals surface area contributed by atoms with Crippen LogP contribution in [-0.4, -0.2) is 16.6 Å². The van der Waals surface area contributed by atoms with Crippen molar-refractivity contribution in [1.82, 2.24) is 9.97 Å². The molecule has 4 heteroatoms. The van der Waals surface area contributed by atoms with Crippen molar-refractivity contribution in [3.63, 3.8) is 0 Å². The van der Waals surface area contributed by atoms with Gasteiger partial charge in [0.1, 0.15) is 17.6 Å². The highest BCUT2D eigenvalue weighted by Crippen LogP contribution is 2.24. The molecule has 0 N–H and O–H groups in total. The van der Waals surface area contributed by atoms with Crippen LogP contribution in [0.15, 0.2) is 36.4 Å². The van der Waals surface area contributed by atoms with Crippen LogP contribution in [-0.2, 0) is 0 Å². The predicted octanol–water partition coefficient (Wildman–Crippen LogP) is 4.65. The highest BCUT2D eigenvalue weighted by molar-refractivity contribution is 6.30. The largest absolute Gasteiger partial charge is 0.473 e. The fourth-order valence-electron chi connectivity index (χ4n) is 1.76. The Morgan fingerprint density at radius 1 is 1.19 bits per heavy atom. The number of halogens is 1. The molecule has 0 radical (unpaired) electrons. The van der Waals surface area contributed by atoms with E-state index in [2.05, 4.69) is 9.97 Å². The quantitative estimate of drug-likeness (QED) is 0.754. The minimum Gasteiger partial charge on any atom is -0.473 e. The molecule has 1 aromatic carbocycles. The molecule has 0 amide bonds. The maximum atomic E-state index is 6.12. The van der Waals surface area contributed by atoms with Gasteiger partial charge in [-0.2, -0.15) is 4.98 Å². The lowest BCUT2D eigenvalue weighted by molar-refractivity contribution is 0.343. The average Bonchev–Trinajstić information content (AvgIpc) is 2.48. The van der Waals surface area contributed by atoms with Gasteiger partial charge in [0.25, 0.3) is 0 Å². The lowest BCUT2D eigenvalue weighted by Crippen LogP contribution is -2.05. The van der Waals surface area contributed by atoms with E-state index in [9.17, 15) is 0 Å². The van der Waals surface area contributed by atoms with E-state index >= 15 is 0 Å². The fourth-order valence-corrected chi connectivity index (χ4v) is 1.93. The molecule has 0 fully saturated rings. The fraction of sp³-hybridized carbons (Fsp3) is 0.294. The Balaban J connectivity index is 2.04. The number of aromatic nitrogens is 2. The third kappa shape index (κ3) is 4.30. The van der Waals surface area contributed by atoms with E-state index in [1.165, 1.54) is 0 Å². The summed E-state index contributed by atoms with van der Waals surface area (Å²) in [7, 11) is 0. The van der Waals surface area contributed by atoms with Gasteiger partial charge >= 0.3 is 0 Å². The van der Waals surface area contributed by atoms with E-state index in [-0.39, 0.29) is 5.92 Å². The zero-order valence-corrected chi connectivity index (χ0v) is 13.3. The molecule has 0 bridgehead atoms. The molecule has 1 heterocycles. The molecule has 0 saturated heterocycles. The zero-order valence-electron chi connectivity index (χ0n) is 12.5. The summed E-state index contributed by atoms with van der Waals surface area (Å²) in [6.07, 6.45) is 3.97. The molecule has 1 aromatic heterocycles. The molecule has 0 aliphatic heterocycles. The molecule has 3 nitrogen and oxygen atoms in total. The Hall–Kier alpha value is -1.87. The molecule has 2 aromatic rings. The van der Waals surface area contributed by atoms with Crippen LogP contribution in [0.4, 0.5) is 0 Å². The summed E-state index contributed by atoms with van der Waals surface area (Å²) in [5, 5.41) is 0.454. The van der Waals surface area contributed by atoms with Gasteiger partial charge in [0, 0.05) is 11.5 Å². The van der Waals surface area contributed by atoms with E-state index < -0.39 is 0 Å². The summed E-state index contributed by atoms with van der Waals surface area (Å²) < 4.78 is 5.71. The van der Waals surface area contributed by atoms with Gasteiger partial charge in [-0.1, -0.05) is 61.9 Å². The first-order valence-corrected chi connectivity index (χ1v) is 7.34. The summed E-state index contributed by atoms with van der Waals surface area (Å²) in [5.41, 5.74) is 1.91. The number of benzene rings is 1. The van der Waals surface area contributed by atoms with Crippen LogP contribution >= 0.6 is 11.6 Å². The van der Waals surface area contributed by atoms with Gasteiger partial charge < -0.3 is 4.74 Å². The van der Waals surface area contributed by atoms with Crippen molar-refractivity contribution in [2.75, 3.05) is 6.61 Å². The molecule has 0 atom stereocenters. The summed E-state index contributed by atoms with van der Waals surface area (Å²) in [4.78, 5) is 8.69. The van der Waals surface area contributed by atoms with E-state index in [0.717, 1.165) is 11.1 Å². The van der Waals surface area contributed by atoms with Gasteiger partial charge in [-0.25, -0.2) is 4.98 Å². The third-order valence-electron chi connectivity index (χ3n) is 3.00. The summed E-state index contributed by atoms with van der Waals surface area (Å²) in [5.74, 6) is 1.47. The number of ether oxygens (including phenoxy) is 1.